The molecule has 0 atom stereocenters. The number of hydrogen-bond donors (Lipinski definition) is 0. The van der Waals surface area contributed by atoms with E-state index < -0.39 is 0 Å². The zero-order valence-electron chi connectivity index (χ0n) is 17.0. The van der Waals surface area contributed by atoms with Gasteiger partial charge in [0.15, 0.2) is 11.2 Å². The Hall–Kier alpha value is -2.92. The van der Waals surface area contributed by atoms with Gasteiger partial charge in [-0.3, -0.25) is 0 Å². The minimum absolute atomic E-state index is 0.662. The van der Waals surface area contributed by atoms with Crippen LogP contribution in [0.25, 0.3) is 43.7 Å². The quantitative estimate of drug-likeness (QED) is 0.321. The van der Waals surface area contributed by atoms with Crippen LogP contribution in [0.2, 0.25) is 0 Å². The van der Waals surface area contributed by atoms with Gasteiger partial charge in [0.05, 0.1) is 9.75 Å². The number of benzene rings is 2. The summed E-state index contributed by atoms with van der Waals surface area (Å²) in [5, 5.41) is 0. The van der Waals surface area contributed by atoms with Gasteiger partial charge in [-0.1, -0.05) is 26.0 Å². The van der Waals surface area contributed by atoms with Crippen molar-refractivity contribution in [3.63, 3.8) is 0 Å². The molecular weight excluding hydrogens is 380 g/mol. The van der Waals surface area contributed by atoms with Crippen molar-refractivity contribution in [2.75, 3.05) is 0 Å². The Morgan fingerprint density at radius 3 is 1.59 bits per heavy atom. The average Bonchev–Trinajstić information content (AvgIpc) is 3.42. The Morgan fingerprint density at radius 1 is 0.724 bits per heavy atom. The van der Waals surface area contributed by atoms with Gasteiger partial charge in [0.1, 0.15) is 11.0 Å². The maximum atomic E-state index is 6.08. The molecule has 2 aromatic carbocycles. The number of hydrogen-bond acceptors (Lipinski definition) is 5. The van der Waals surface area contributed by atoms with Crippen molar-refractivity contribution in [1.29, 1.82) is 0 Å². The molecule has 0 aliphatic carbocycles. The maximum Gasteiger partial charge on any atom is 0.237 e. The Morgan fingerprint density at radius 2 is 1.17 bits per heavy atom. The molecule has 0 aliphatic heterocycles. The molecule has 0 N–H and O–H groups in total. The molecule has 3 aromatic heterocycles. The van der Waals surface area contributed by atoms with E-state index in [2.05, 4.69) is 52.0 Å². The number of fused-ring (bicyclic) bond motifs is 2. The van der Waals surface area contributed by atoms with Crippen molar-refractivity contribution < 1.29 is 8.83 Å². The molecule has 0 bridgehead atoms. The molecule has 0 saturated carbocycles. The molecule has 146 valence electrons. The highest BCUT2D eigenvalue weighted by molar-refractivity contribution is 7.19. The van der Waals surface area contributed by atoms with Gasteiger partial charge in [-0.25, -0.2) is 9.97 Å². The van der Waals surface area contributed by atoms with Crippen LogP contribution in [0.3, 0.4) is 0 Å². The van der Waals surface area contributed by atoms with Crippen molar-refractivity contribution in [3.05, 3.63) is 58.7 Å². The highest BCUT2D eigenvalue weighted by atomic mass is 32.1. The third-order valence-electron chi connectivity index (χ3n) is 5.56. The van der Waals surface area contributed by atoms with Crippen molar-refractivity contribution in [2.24, 2.45) is 0 Å². The van der Waals surface area contributed by atoms with Crippen LogP contribution in [0.4, 0.5) is 0 Å². The molecule has 0 saturated heterocycles. The molecule has 0 aliphatic rings. The van der Waals surface area contributed by atoms with Gasteiger partial charge in [0, 0.05) is 0 Å². The van der Waals surface area contributed by atoms with Gasteiger partial charge in [-0.05, 0) is 73.2 Å². The van der Waals surface area contributed by atoms with Gasteiger partial charge >= 0.3 is 0 Å². The molecular formula is C24H22N2O2S. The summed E-state index contributed by atoms with van der Waals surface area (Å²) in [6, 6.07) is 12.4. The zero-order valence-corrected chi connectivity index (χ0v) is 17.8. The van der Waals surface area contributed by atoms with Crippen molar-refractivity contribution in [3.8, 4) is 21.5 Å². The van der Waals surface area contributed by atoms with E-state index in [1.54, 1.807) is 11.3 Å². The van der Waals surface area contributed by atoms with Gasteiger partial charge in [0.2, 0.25) is 11.8 Å². The number of rotatable bonds is 4. The van der Waals surface area contributed by atoms with E-state index in [-0.39, 0.29) is 0 Å². The van der Waals surface area contributed by atoms with Crippen LogP contribution >= 0.6 is 11.3 Å². The molecule has 4 nitrogen and oxygen atoms in total. The normalized spacial score (nSPS) is 11.7. The third kappa shape index (κ3) is 2.97. The van der Waals surface area contributed by atoms with E-state index in [1.807, 2.05) is 12.1 Å². The van der Waals surface area contributed by atoms with E-state index in [4.69, 9.17) is 18.8 Å². The van der Waals surface area contributed by atoms with Crippen molar-refractivity contribution >= 4 is 33.5 Å². The van der Waals surface area contributed by atoms with Crippen LogP contribution in [0.5, 0.6) is 0 Å². The lowest BCUT2D eigenvalue weighted by Crippen LogP contribution is -1.80. The smallest absolute Gasteiger partial charge is 0.237 e. The number of aromatic nitrogens is 2. The Labute approximate surface area is 173 Å². The van der Waals surface area contributed by atoms with Crippen LogP contribution in [-0.2, 0) is 12.8 Å². The molecule has 0 radical (unpaired) electrons. The molecule has 0 fully saturated rings. The molecule has 5 heteroatoms. The number of oxazole rings is 2. The fourth-order valence-corrected chi connectivity index (χ4v) is 4.75. The molecule has 0 unspecified atom stereocenters. The summed E-state index contributed by atoms with van der Waals surface area (Å²) < 4.78 is 12.2. The average molecular weight is 403 g/mol. The highest BCUT2D eigenvalue weighted by Crippen LogP contribution is 2.42. The molecule has 3 heterocycles. The van der Waals surface area contributed by atoms with Crippen LogP contribution in [0.1, 0.15) is 36.1 Å². The topological polar surface area (TPSA) is 52.1 Å². The molecule has 0 amide bonds. The second-order valence-electron chi connectivity index (χ2n) is 7.36. The first kappa shape index (κ1) is 18.1. The minimum atomic E-state index is 0.662. The van der Waals surface area contributed by atoms with E-state index in [0.29, 0.717) is 11.8 Å². The van der Waals surface area contributed by atoms with Crippen molar-refractivity contribution in [1.82, 2.24) is 9.97 Å². The van der Waals surface area contributed by atoms with E-state index in [9.17, 15) is 0 Å². The van der Waals surface area contributed by atoms with E-state index in [1.165, 1.54) is 11.1 Å². The minimum Gasteiger partial charge on any atom is -0.435 e. The van der Waals surface area contributed by atoms with Gasteiger partial charge < -0.3 is 8.83 Å². The summed E-state index contributed by atoms with van der Waals surface area (Å²) in [7, 11) is 0. The lowest BCUT2D eigenvalue weighted by Gasteiger charge is -1.93. The monoisotopic (exact) mass is 402 g/mol. The maximum absolute atomic E-state index is 6.08. The SMILES string of the molecule is CCc1ccc2oc(-c3sc(-c4nc5cc(CC)ccc5o4)c(C)c3C)nc2c1. The predicted octanol–water partition coefficient (Wildman–Crippen LogP) is 7.11. The highest BCUT2D eigenvalue weighted by Gasteiger charge is 2.22. The van der Waals surface area contributed by atoms with Gasteiger partial charge in [-0.2, -0.15) is 0 Å². The van der Waals surface area contributed by atoms with E-state index >= 15 is 0 Å². The number of thiophene rings is 1. The van der Waals surface area contributed by atoms with Crippen molar-refractivity contribution in [2.45, 2.75) is 40.5 Å². The Balaban J connectivity index is 1.61. The summed E-state index contributed by atoms with van der Waals surface area (Å²) in [6.45, 7) is 8.50. The second kappa shape index (κ2) is 6.85. The standard InChI is InChI=1S/C24H22N2O2S/c1-5-15-7-9-19-17(11-15)25-23(27-19)21-13(3)14(4)22(29-21)24-26-18-12-16(6-2)8-10-20(18)28-24/h7-12H,5-6H2,1-4H3. The van der Waals surface area contributed by atoms with Crippen LogP contribution in [0.15, 0.2) is 45.2 Å². The first-order chi connectivity index (χ1) is 14.1. The van der Waals surface area contributed by atoms with Gasteiger partial charge in [-0.15, -0.1) is 11.3 Å². The zero-order chi connectivity index (χ0) is 20.1. The van der Waals surface area contributed by atoms with Crippen LogP contribution < -0.4 is 0 Å². The summed E-state index contributed by atoms with van der Waals surface area (Å²) in [5.74, 6) is 1.32. The van der Waals surface area contributed by atoms with Gasteiger partial charge in [0.25, 0.3) is 0 Å². The molecule has 5 rings (SSSR count). The summed E-state index contributed by atoms with van der Waals surface area (Å²) in [5.41, 5.74) is 8.27. The largest absolute Gasteiger partial charge is 0.435 e. The Kier molecular flexibility index (Phi) is 4.28. The molecule has 0 spiro atoms. The number of aryl methyl sites for hydroxylation is 2. The van der Waals surface area contributed by atoms with Crippen LogP contribution in [0, 0.1) is 13.8 Å². The van der Waals surface area contributed by atoms with Crippen LogP contribution in [-0.4, -0.2) is 9.97 Å². The lowest BCUT2D eigenvalue weighted by atomic mass is 10.1. The first-order valence-electron chi connectivity index (χ1n) is 9.97. The third-order valence-corrected chi connectivity index (χ3v) is 6.93. The summed E-state index contributed by atoms with van der Waals surface area (Å²) >= 11 is 1.63. The fourth-order valence-electron chi connectivity index (χ4n) is 3.58. The second-order valence-corrected chi connectivity index (χ2v) is 8.38. The summed E-state index contributed by atoms with van der Waals surface area (Å²) in [4.78, 5) is 11.6. The summed E-state index contributed by atoms with van der Waals surface area (Å²) in [6.07, 6.45) is 1.97. The molecule has 29 heavy (non-hydrogen) atoms. The first-order valence-corrected chi connectivity index (χ1v) is 10.8. The lowest BCUT2D eigenvalue weighted by molar-refractivity contribution is 0.620. The Bertz CT molecular complexity index is 1250. The predicted molar refractivity (Wildman–Crippen MR) is 119 cm³/mol. The fraction of sp³-hybridized carbons (Fsp3) is 0.250. The molecule has 5 aromatic rings. The number of nitrogens with zero attached hydrogens (tertiary/aromatic N) is 2. The van der Waals surface area contributed by atoms with E-state index in [0.717, 1.165) is 55.9 Å².